The second-order valence-electron chi connectivity index (χ2n) is 4.95. The van der Waals surface area contributed by atoms with Crippen molar-refractivity contribution in [3.63, 3.8) is 0 Å². The van der Waals surface area contributed by atoms with Crippen LogP contribution in [0.5, 0.6) is 0 Å². The first kappa shape index (κ1) is 11.9. The molecule has 1 amide bonds. The summed E-state index contributed by atoms with van der Waals surface area (Å²) in [6, 6.07) is 0. The van der Waals surface area contributed by atoms with E-state index in [1.807, 2.05) is 0 Å². The van der Waals surface area contributed by atoms with Crippen LogP contribution in [0.3, 0.4) is 0 Å². The summed E-state index contributed by atoms with van der Waals surface area (Å²) in [6.45, 7) is 4.02. The van der Waals surface area contributed by atoms with E-state index in [0.29, 0.717) is 6.61 Å². The van der Waals surface area contributed by atoms with Crippen LogP contribution < -0.4 is 10.6 Å². The minimum atomic E-state index is 0.0384. The summed E-state index contributed by atoms with van der Waals surface area (Å²) in [5, 5.41) is 6.22. The number of hydrogen-bond donors (Lipinski definition) is 2. The maximum atomic E-state index is 11.3. The maximum Gasteiger partial charge on any atom is 0.246 e. The molecule has 0 aromatic carbocycles. The summed E-state index contributed by atoms with van der Waals surface area (Å²) >= 11 is 0. The highest BCUT2D eigenvalue weighted by molar-refractivity contribution is 5.77. The molecule has 4 heteroatoms. The lowest BCUT2D eigenvalue weighted by atomic mass is 10.1. The van der Waals surface area contributed by atoms with Crippen molar-refractivity contribution in [2.75, 3.05) is 32.8 Å². The van der Waals surface area contributed by atoms with E-state index in [9.17, 15) is 4.79 Å². The quantitative estimate of drug-likeness (QED) is 0.623. The number of carbonyl (C=O) groups is 1. The van der Waals surface area contributed by atoms with Crippen molar-refractivity contribution in [3.8, 4) is 0 Å². The topological polar surface area (TPSA) is 50.4 Å². The van der Waals surface area contributed by atoms with Crippen LogP contribution in [0.15, 0.2) is 0 Å². The molecule has 1 aliphatic carbocycles. The fourth-order valence-corrected chi connectivity index (χ4v) is 2.01. The summed E-state index contributed by atoms with van der Waals surface area (Å²) in [6.07, 6.45) is 4.87. The molecule has 2 fully saturated rings. The Hall–Kier alpha value is -0.610. The standard InChI is InChI=1S/C12H22N2O2/c15-12(14-8-10-1-2-10)9-16-6-4-11-3-5-13-7-11/h10-11,13H,1-9H2,(H,14,15). The zero-order valence-electron chi connectivity index (χ0n) is 9.84. The van der Waals surface area contributed by atoms with Crippen molar-refractivity contribution in [1.82, 2.24) is 10.6 Å². The van der Waals surface area contributed by atoms with Gasteiger partial charge in [-0.05, 0) is 50.6 Å². The van der Waals surface area contributed by atoms with E-state index in [4.69, 9.17) is 4.74 Å². The van der Waals surface area contributed by atoms with Gasteiger partial charge in [-0.2, -0.15) is 0 Å². The Balaban J connectivity index is 1.42. The molecule has 1 heterocycles. The molecule has 2 rings (SSSR count). The Morgan fingerprint density at radius 1 is 1.31 bits per heavy atom. The molecular formula is C12H22N2O2. The summed E-state index contributed by atoms with van der Waals surface area (Å²) in [7, 11) is 0. The van der Waals surface area contributed by atoms with Gasteiger partial charge < -0.3 is 15.4 Å². The molecule has 0 aromatic rings. The zero-order chi connectivity index (χ0) is 11.2. The Bertz CT molecular complexity index is 223. The minimum absolute atomic E-state index is 0.0384. The van der Waals surface area contributed by atoms with Crippen LogP contribution in [0.4, 0.5) is 0 Å². The first-order valence-electron chi connectivity index (χ1n) is 6.40. The smallest absolute Gasteiger partial charge is 0.246 e. The molecule has 16 heavy (non-hydrogen) atoms. The summed E-state index contributed by atoms with van der Waals surface area (Å²) in [5.41, 5.74) is 0. The monoisotopic (exact) mass is 226 g/mol. The molecule has 1 atom stereocenters. The molecule has 0 aromatic heterocycles. The molecule has 2 aliphatic rings. The van der Waals surface area contributed by atoms with Crippen LogP contribution in [-0.4, -0.2) is 38.8 Å². The van der Waals surface area contributed by atoms with Gasteiger partial charge in [0, 0.05) is 13.2 Å². The largest absolute Gasteiger partial charge is 0.372 e. The van der Waals surface area contributed by atoms with Gasteiger partial charge in [0.15, 0.2) is 0 Å². The Morgan fingerprint density at radius 2 is 2.19 bits per heavy atom. The van der Waals surface area contributed by atoms with Crippen molar-refractivity contribution in [2.24, 2.45) is 11.8 Å². The number of amides is 1. The predicted molar refractivity (Wildman–Crippen MR) is 62.1 cm³/mol. The van der Waals surface area contributed by atoms with Gasteiger partial charge in [-0.1, -0.05) is 0 Å². The van der Waals surface area contributed by atoms with Crippen LogP contribution in [0, 0.1) is 11.8 Å². The second kappa shape index (κ2) is 6.21. The lowest BCUT2D eigenvalue weighted by Gasteiger charge is -2.08. The molecule has 0 spiro atoms. The number of rotatable bonds is 7. The SMILES string of the molecule is O=C(COCCC1CCNC1)NCC1CC1. The van der Waals surface area contributed by atoms with Crippen molar-refractivity contribution in [1.29, 1.82) is 0 Å². The highest BCUT2D eigenvalue weighted by atomic mass is 16.5. The van der Waals surface area contributed by atoms with Gasteiger partial charge in [-0.25, -0.2) is 0 Å². The van der Waals surface area contributed by atoms with E-state index in [-0.39, 0.29) is 12.5 Å². The molecule has 1 saturated heterocycles. The number of hydrogen-bond acceptors (Lipinski definition) is 3. The average molecular weight is 226 g/mol. The summed E-state index contributed by atoms with van der Waals surface area (Å²) < 4.78 is 5.37. The molecule has 0 radical (unpaired) electrons. The lowest BCUT2D eigenvalue weighted by Crippen LogP contribution is -2.29. The molecule has 2 N–H and O–H groups in total. The van der Waals surface area contributed by atoms with Crippen LogP contribution >= 0.6 is 0 Å². The molecular weight excluding hydrogens is 204 g/mol. The summed E-state index contributed by atoms with van der Waals surface area (Å²) in [4.78, 5) is 11.3. The van der Waals surface area contributed by atoms with E-state index in [2.05, 4.69) is 10.6 Å². The molecule has 1 saturated carbocycles. The zero-order valence-corrected chi connectivity index (χ0v) is 9.84. The van der Waals surface area contributed by atoms with Gasteiger partial charge in [-0.3, -0.25) is 4.79 Å². The highest BCUT2D eigenvalue weighted by Gasteiger charge is 2.21. The van der Waals surface area contributed by atoms with Gasteiger partial charge in [0.2, 0.25) is 5.91 Å². The third-order valence-electron chi connectivity index (χ3n) is 3.35. The van der Waals surface area contributed by atoms with E-state index in [1.165, 1.54) is 19.3 Å². The Labute approximate surface area is 97.1 Å². The van der Waals surface area contributed by atoms with Crippen LogP contribution in [0.2, 0.25) is 0 Å². The minimum Gasteiger partial charge on any atom is -0.372 e. The van der Waals surface area contributed by atoms with Crippen molar-refractivity contribution >= 4 is 5.91 Å². The highest BCUT2D eigenvalue weighted by Crippen LogP contribution is 2.27. The van der Waals surface area contributed by atoms with Crippen LogP contribution in [0.1, 0.15) is 25.7 Å². The van der Waals surface area contributed by atoms with Crippen molar-refractivity contribution in [2.45, 2.75) is 25.7 Å². The van der Waals surface area contributed by atoms with E-state index in [1.54, 1.807) is 0 Å². The van der Waals surface area contributed by atoms with E-state index in [0.717, 1.165) is 37.9 Å². The Kier molecular flexibility index (Phi) is 4.60. The molecule has 1 aliphatic heterocycles. The van der Waals surface area contributed by atoms with Gasteiger partial charge in [-0.15, -0.1) is 0 Å². The van der Waals surface area contributed by atoms with Crippen LogP contribution in [-0.2, 0) is 9.53 Å². The third-order valence-corrected chi connectivity index (χ3v) is 3.35. The molecule has 1 unspecified atom stereocenters. The lowest BCUT2D eigenvalue weighted by molar-refractivity contribution is -0.125. The molecule has 92 valence electrons. The summed E-state index contributed by atoms with van der Waals surface area (Å²) in [5.74, 6) is 1.53. The predicted octanol–water partition coefficient (Wildman–Crippen LogP) is 0.529. The van der Waals surface area contributed by atoms with Gasteiger partial charge in [0.25, 0.3) is 0 Å². The Morgan fingerprint density at radius 3 is 2.88 bits per heavy atom. The van der Waals surface area contributed by atoms with E-state index < -0.39 is 0 Å². The normalized spacial score (nSPS) is 24.6. The molecule has 4 nitrogen and oxygen atoms in total. The average Bonchev–Trinajstić information content (AvgIpc) is 2.97. The number of ether oxygens (including phenoxy) is 1. The fourth-order valence-electron chi connectivity index (χ4n) is 2.01. The van der Waals surface area contributed by atoms with E-state index >= 15 is 0 Å². The third kappa shape index (κ3) is 4.49. The van der Waals surface area contributed by atoms with Crippen molar-refractivity contribution < 1.29 is 9.53 Å². The first-order valence-corrected chi connectivity index (χ1v) is 6.40. The van der Waals surface area contributed by atoms with Crippen molar-refractivity contribution in [3.05, 3.63) is 0 Å². The van der Waals surface area contributed by atoms with Gasteiger partial charge in [0.1, 0.15) is 6.61 Å². The first-order chi connectivity index (χ1) is 7.84. The van der Waals surface area contributed by atoms with Gasteiger partial charge >= 0.3 is 0 Å². The molecule has 0 bridgehead atoms. The number of nitrogens with one attached hydrogen (secondary N) is 2. The maximum absolute atomic E-state index is 11.3. The van der Waals surface area contributed by atoms with Gasteiger partial charge in [0.05, 0.1) is 0 Å². The second-order valence-corrected chi connectivity index (χ2v) is 4.95. The number of carbonyl (C=O) groups excluding carboxylic acids is 1. The van der Waals surface area contributed by atoms with Crippen LogP contribution in [0.25, 0.3) is 0 Å². The fraction of sp³-hybridized carbons (Fsp3) is 0.917.